The van der Waals surface area contributed by atoms with E-state index in [1.165, 1.54) is 0 Å². The van der Waals surface area contributed by atoms with Crippen molar-refractivity contribution in [2.24, 2.45) is 0 Å². The second kappa shape index (κ2) is 4.05. The summed E-state index contributed by atoms with van der Waals surface area (Å²) in [6, 6.07) is 0. The molecule has 2 heterocycles. The number of nitrogens with one attached hydrogen (secondary N) is 1. The lowest BCUT2D eigenvalue weighted by atomic mass is 10.1. The van der Waals surface area contributed by atoms with E-state index in [0.717, 1.165) is 13.1 Å². The molecule has 2 N–H and O–H groups in total. The third kappa shape index (κ3) is 1.83. The fraction of sp³-hybridized carbons (Fsp3) is 0.500. The Kier molecular flexibility index (Phi) is 2.74. The maximum Gasteiger partial charge on any atom is 0.372 e. The molecule has 1 aromatic rings. The van der Waals surface area contributed by atoms with E-state index in [1.807, 2.05) is 6.92 Å². The van der Waals surface area contributed by atoms with Crippen molar-refractivity contribution in [3.8, 4) is 0 Å². The molecule has 0 radical (unpaired) electrons. The van der Waals surface area contributed by atoms with E-state index in [9.17, 15) is 9.59 Å². The first-order chi connectivity index (χ1) is 7.61. The number of aromatic amines is 1. The summed E-state index contributed by atoms with van der Waals surface area (Å²) in [7, 11) is 0. The standard InChI is InChI=1S/C10H13N3O3/c1-2-13-4-3-7-6(5-13)9(14)12-8(11-7)10(15)16/h2-5H2,1H3,(H,15,16)(H,11,12,14). The van der Waals surface area contributed by atoms with E-state index < -0.39 is 5.97 Å². The Labute approximate surface area is 91.9 Å². The lowest BCUT2D eigenvalue weighted by molar-refractivity contribution is 0.0682. The van der Waals surface area contributed by atoms with Gasteiger partial charge >= 0.3 is 5.97 Å². The van der Waals surface area contributed by atoms with Gasteiger partial charge in [-0.1, -0.05) is 6.92 Å². The Morgan fingerprint density at radius 2 is 2.38 bits per heavy atom. The molecule has 6 nitrogen and oxygen atoms in total. The van der Waals surface area contributed by atoms with Gasteiger partial charge in [-0.25, -0.2) is 9.78 Å². The van der Waals surface area contributed by atoms with Crippen LogP contribution in [0, 0.1) is 0 Å². The van der Waals surface area contributed by atoms with Crippen LogP contribution in [0.5, 0.6) is 0 Å². The quantitative estimate of drug-likeness (QED) is 0.728. The molecule has 0 bridgehead atoms. The van der Waals surface area contributed by atoms with E-state index >= 15 is 0 Å². The molecular formula is C10H13N3O3. The van der Waals surface area contributed by atoms with Gasteiger partial charge < -0.3 is 10.1 Å². The molecular weight excluding hydrogens is 210 g/mol. The summed E-state index contributed by atoms with van der Waals surface area (Å²) >= 11 is 0. The van der Waals surface area contributed by atoms with Crippen LogP contribution < -0.4 is 5.56 Å². The summed E-state index contributed by atoms with van der Waals surface area (Å²) in [5, 5.41) is 8.77. The Morgan fingerprint density at radius 1 is 1.62 bits per heavy atom. The molecule has 0 aliphatic carbocycles. The van der Waals surface area contributed by atoms with Crippen molar-refractivity contribution in [3.63, 3.8) is 0 Å². The minimum atomic E-state index is -1.20. The zero-order valence-corrected chi connectivity index (χ0v) is 8.99. The molecule has 1 aliphatic heterocycles. The molecule has 0 atom stereocenters. The summed E-state index contributed by atoms with van der Waals surface area (Å²) < 4.78 is 0. The SMILES string of the molecule is CCN1CCc2nc(C(=O)O)[nH]c(=O)c2C1. The number of carboxylic acid groups (broad SMARTS) is 1. The first-order valence-electron chi connectivity index (χ1n) is 5.19. The number of fused-ring (bicyclic) bond motifs is 1. The molecule has 6 heteroatoms. The van der Waals surface area contributed by atoms with Gasteiger partial charge in [-0.2, -0.15) is 0 Å². The van der Waals surface area contributed by atoms with Crippen molar-refractivity contribution < 1.29 is 9.90 Å². The fourth-order valence-corrected chi connectivity index (χ4v) is 1.85. The van der Waals surface area contributed by atoms with E-state index in [-0.39, 0.29) is 11.4 Å². The summed E-state index contributed by atoms with van der Waals surface area (Å²) in [6.45, 7) is 4.27. The van der Waals surface area contributed by atoms with Crippen molar-refractivity contribution in [2.45, 2.75) is 19.9 Å². The van der Waals surface area contributed by atoms with Crippen LogP contribution in [0.3, 0.4) is 0 Å². The maximum absolute atomic E-state index is 11.7. The third-order valence-corrected chi connectivity index (χ3v) is 2.80. The number of likely N-dealkylation sites (N-methyl/N-ethyl adjacent to an activating group) is 1. The second-order valence-corrected chi connectivity index (χ2v) is 3.76. The molecule has 0 saturated carbocycles. The van der Waals surface area contributed by atoms with Gasteiger partial charge in [-0.05, 0) is 6.54 Å². The molecule has 0 spiro atoms. The molecule has 0 fully saturated rings. The Bertz CT molecular complexity index is 481. The monoisotopic (exact) mass is 223 g/mol. The van der Waals surface area contributed by atoms with Crippen LogP contribution in [0.1, 0.15) is 28.8 Å². The Balaban J connectivity index is 2.44. The predicted octanol–water partition coefficient (Wildman–Crippen LogP) is -0.154. The number of hydrogen-bond acceptors (Lipinski definition) is 4. The van der Waals surface area contributed by atoms with Crippen LogP contribution in [0.2, 0.25) is 0 Å². The fourth-order valence-electron chi connectivity index (χ4n) is 1.85. The van der Waals surface area contributed by atoms with Crippen LogP contribution in [0.25, 0.3) is 0 Å². The van der Waals surface area contributed by atoms with Crippen molar-refractivity contribution in [1.29, 1.82) is 0 Å². The van der Waals surface area contributed by atoms with Crippen LogP contribution >= 0.6 is 0 Å². The van der Waals surface area contributed by atoms with Crippen LogP contribution in [0.15, 0.2) is 4.79 Å². The number of carboxylic acids is 1. The Morgan fingerprint density at radius 3 is 3.00 bits per heavy atom. The number of H-pyrrole nitrogens is 1. The molecule has 0 unspecified atom stereocenters. The summed E-state index contributed by atoms with van der Waals surface area (Å²) in [5.41, 5.74) is 0.879. The number of hydrogen-bond donors (Lipinski definition) is 2. The second-order valence-electron chi connectivity index (χ2n) is 3.76. The first kappa shape index (κ1) is 10.8. The van der Waals surface area contributed by atoms with Crippen molar-refractivity contribution >= 4 is 5.97 Å². The molecule has 0 saturated heterocycles. The van der Waals surface area contributed by atoms with Crippen LogP contribution in [0.4, 0.5) is 0 Å². The van der Waals surface area contributed by atoms with Gasteiger partial charge in [0.25, 0.3) is 5.56 Å². The van der Waals surface area contributed by atoms with Gasteiger partial charge in [0, 0.05) is 19.5 Å². The molecule has 1 aromatic heterocycles. The van der Waals surface area contributed by atoms with Gasteiger partial charge in [0.1, 0.15) is 0 Å². The molecule has 86 valence electrons. The molecule has 0 amide bonds. The largest absolute Gasteiger partial charge is 0.475 e. The average molecular weight is 223 g/mol. The maximum atomic E-state index is 11.7. The number of carbonyl (C=O) groups is 1. The highest BCUT2D eigenvalue weighted by molar-refractivity contribution is 5.83. The Hall–Kier alpha value is -1.69. The van der Waals surface area contributed by atoms with Gasteiger partial charge in [0.05, 0.1) is 11.3 Å². The zero-order chi connectivity index (χ0) is 11.7. The van der Waals surface area contributed by atoms with Gasteiger partial charge in [0.15, 0.2) is 0 Å². The van der Waals surface area contributed by atoms with E-state index in [4.69, 9.17) is 5.11 Å². The lowest BCUT2D eigenvalue weighted by Crippen LogP contribution is -2.36. The summed E-state index contributed by atoms with van der Waals surface area (Å²) in [4.78, 5) is 30.8. The zero-order valence-electron chi connectivity index (χ0n) is 8.99. The number of aromatic nitrogens is 2. The van der Waals surface area contributed by atoms with Gasteiger partial charge in [-0.3, -0.25) is 9.69 Å². The molecule has 16 heavy (non-hydrogen) atoms. The predicted molar refractivity (Wildman–Crippen MR) is 56.5 cm³/mol. The smallest absolute Gasteiger partial charge is 0.372 e. The third-order valence-electron chi connectivity index (χ3n) is 2.80. The molecule has 2 rings (SSSR count). The van der Waals surface area contributed by atoms with Crippen LogP contribution in [-0.2, 0) is 13.0 Å². The highest BCUT2D eigenvalue weighted by Gasteiger charge is 2.21. The highest BCUT2D eigenvalue weighted by Crippen LogP contribution is 2.12. The average Bonchev–Trinajstić information content (AvgIpc) is 2.28. The van der Waals surface area contributed by atoms with E-state index in [1.54, 1.807) is 0 Å². The van der Waals surface area contributed by atoms with Crippen LogP contribution in [-0.4, -0.2) is 39.0 Å². The number of aromatic carboxylic acids is 1. The first-order valence-corrected chi connectivity index (χ1v) is 5.19. The topological polar surface area (TPSA) is 86.3 Å². The number of nitrogens with zero attached hydrogens (tertiary/aromatic N) is 2. The van der Waals surface area contributed by atoms with Gasteiger partial charge in [-0.15, -0.1) is 0 Å². The number of rotatable bonds is 2. The normalized spacial score (nSPS) is 15.8. The van der Waals surface area contributed by atoms with E-state index in [2.05, 4.69) is 14.9 Å². The lowest BCUT2D eigenvalue weighted by Gasteiger charge is -2.25. The molecule has 1 aliphatic rings. The molecule has 0 aromatic carbocycles. The summed E-state index contributed by atoms with van der Waals surface area (Å²) in [6.07, 6.45) is 0.632. The van der Waals surface area contributed by atoms with E-state index in [0.29, 0.717) is 24.2 Å². The minimum Gasteiger partial charge on any atom is -0.475 e. The van der Waals surface area contributed by atoms with Crippen molar-refractivity contribution in [2.75, 3.05) is 13.1 Å². The van der Waals surface area contributed by atoms with Gasteiger partial charge in [0.2, 0.25) is 5.82 Å². The van der Waals surface area contributed by atoms with Crippen molar-refractivity contribution in [1.82, 2.24) is 14.9 Å². The summed E-state index contributed by atoms with van der Waals surface area (Å²) in [5.74, 6) is -1.47. The highest BCUT2D eigenvalue weighted by atomic mass is 16.4. The van der Waals surface area contributed by atoms with Crippen molar-refractivity contribution in [3.05, 3.63) is 27.4 Å². The minimum absolute atomic E-state index is 0.270.